The second-order valence-electron chi connectivity index (χ2n) is 5.74. The number of hydrogen-bond donors (Lipinski definition) is 0. The van der Waals surface area contributed by atoms with Crippen LogP contribution in [0.15, 0.2) is 48.5 Å². The van der Waals surface area contributed by atoms with Crippen LogP contribution in [0.25, 0.3) is 0 Å². The summed E-state index contributed by atoms with van der Waals surface area (Å²) < 4.78 is 20.3. The quantitative estimate of drug-likeness (QED) is 0.464. The van der Waals surface area contributed by atoms with Gasteiger partial charge in [-0.2, -0.15) is 0 Å². The summed E-state index contributed by atoms with van der Waals surface area (Å²) in [5, 5.41) is 0.623. The van der Waals surface area contributed by atoms with Crippen molar-refractivity contribution in [3.63, 3.8) is 0 Å². The number of halogens is 1. The van der Waals surface area contributed by atoms with Gasteiger partial charge in [0.2, 0.25) is 0 Å². The molecule has 0 N–H and O–H groups in total. The fourth-order valence-electron chi connectivity index (χ4n) is 2.11. The first kappa shape index (κ1) is 21.2. The van der Waals surface area contributed by atoms with Gasteiger partial charge in [-0.1, -0.05) is 11.6 Å². The van der Waals surface area contributed by atoms with Gasteiger partial charge in [0.05, 0.1) is 13.5 Å². The third kappa shape index (κ3) is 6.92. The molecule has 0 aliphatic rings. The molecular formula is C20H19ClO7. The number of ether oxygens (including phenoxy) is 4. The second kappa shape index (κ2) is 10.3. The zero-order valence-electron chi connectivity index (χ0n) is 15.3. The highest BCUT2D eigenvalue weighted by molar-refractivity contribution is 6.34. The SMILES string of the molecule is COC(=O)C(=O)COC(=O)CC(C)Oc1ccc(Oc2ccc(Cl)cc2)cc1. The highest BCUT2D eigenvalue weighted by Gasteiger charge is 2.18. The van der Waals surface area contributed by atoms with Crippen molar-refractivity contribution in [2.24, 2.45) is 0 Å². The molecule has 2 aromatic carbocycles. The minimum Gasteiger partial charge on any atom is -0.490 e. The predicted molar refractivity (Wildman–Crippen MR) is 101 cm³/mol. The smallest absolute Gasteiger partial charge is 0.378 e. The summed E-state index contributed by atoms with van der Waals surface area (Å²) in [7, 11) is 1.07. The second-order valence-corrected chi connectivity index (χ2v) is 6.17. The molecule has 0 aromatic heterocycles. The van der Waals surface area contributed by atoms with E-state index in [4.69, 9.17) is 25.8 Å². The molecule has 0 radical (unpaired) electrons. The molecule has 0 heterocycles. The van der Waals surface area contributed by atoms with Gasteiger partial charge >= 0.3 is 11.9 Å². The molecule has 2 aromatic rings. The number of carbonyl (C=O) groups is 3. The lowest BCUT2D eigenvalue weighted by Crippen LogP contribution is -2.25. The van der Waals surface area contributed by atoms with Gasteiger partial charge in [-0.25, -0.2) is 4.79 Å². The van der Waals surface area contributed by atoms with Crippen molar-refractivity contribution in [2.75, 3.05) is 13.7 Å². The van der Waals surface area contributed by atoms with E-state index in [1.807, 2.05) is 0 Å². The Kier molecular flexibility index (Phi) is 7.83. The monoisotopic (exact) mass is 406 g/mol. The summed E-state index contributed by atoms with van der Waals surface area (Å²) in [5.41, 5.74) is 0. The molecule has 28 heavy (non-hydrogen) atoms. The highest BCUT2D eigenvalue weighted by atomic mass is 35.5. The molecule has 8 heteroatoms. The molecular weight excluding hydrogens is 388 g/mol. The minimum absolute atomic E-state index is 0.0858. The van der Waals surface area contributed by atoms with Crippen LogP contribution in [-0.4, -0.2) is 37.5 Å². The maximum Gasteiger partial charge on any atom is 0.378 e. The molecule has 148 valence electrons. The number of esters is 2. The molecule has 0 bridgehead atoms. The van der Waals surface area contributed by atoms with Crippen LogP contribution in [0.3, 0.4) is 0 Å². The molecule has 0 aliphatic heterocycles. The average molecular weight is 407 g/mol. The van der Waals surface area contributed by atoms with E-state index in [0.717, 1.165) is 7.11 Å². The topological polar surface area (TPSA) is 88.1 Å². The average Bonchev–Trinajstić information content (AvgIpc) is 2.68. The Morgan fingerprint density at radius 1 is 0.929 bits per heavy atom. The molecule has 1 atom stereocenters. The van der Waals surface area contributed by atoms with Crippen LogP contribution in [0.1, 0.15) is 13.3 Å². The lowest BCUT2D eigenvalue weighted by molar-refractivity contribution is -0.158. The molecule has 0 saturated carbocycles. The van der Waals surface area contributed by atoms with Crippen molar-refractivity contribution in [1.82, 2.24) is 0 Å². The number of Topliss-reactive ketones (excluding diaryl/α,β-unsaturated/α-hetero) is 1. The number of ketones is 1. The standard InChI is InChI=1S/C20H19ClO7/c1-13(11-19(23)26-12-18(22)20(24)25-2)27-15-7-9-17(10-8-15)28-16-5-3-14(21)4-6-16/h3-10,13H,11-12H2,1-2H3. The fraction of sp³-hybridized carbons (Fsp3) is 0.250. The zero-order chi connectivity index (χ0) is 20.5. The van der Waals surface area contributed by atoms with Crippen LogP contribution in [0.4, 0.5) is 0 Å². The first-order chi connectivity index (χ1) is 13.4. The Balaban J connectivity index is 1.79. The lowest BCUT2D eigenvalue weighted by Gasteiger charge is -2.14. The van der Waals surface area contributed by atoms with E-state index in [0.29, 0.717) is 22.3 Å². The van der Waals surface area contributed by atoms with E-state index < -0.39 is 30.4 Å². The van der Waals surface area contributed by atoms with E-state index in [1.54, 1.807) is 55.5 Å². The molecule has 0 amide bonds. The van der Waals surface area contributed by atoms with Crippen molar-refractivity contribution in [3.05, 3.63) is 53.6 Å². The van der Waals surface area contributed by atoms with Crippen LogP contribution in [-0.2, 0) is 23.9 Å². The molecule has 0 spiro atoms. The van der Waals surface area contributed by atoms with Crippen molar-refractivity contribution in [3.8, 4) is 17.2 Å². The molecule has 7 nitrogen and oxygen atoms in total. The number of benzene rings is 2. The Labute approximate surface area is 167 Å². The predicted octanol–water partition coefficient (Wildman–Crippen LogP) is 3.58. The van der Waals surface area contributed by atoms with Crippen molar-refractivity contribution in [2.45, 2.75) is 19.4 Å². The van der Waals surface area contributed by atoms with Crippen LogP contribution in [0.2, 0.25) is 5.02 Å². The Morgan fingerprint density at radius 3 is 2.04 bits per heavy atom. The van der Waals surface area contributed by atoms with Gasteiger partial charge in [0.15, 0.2) is 6.61 Å². The number of rotatable bonds is 9. The number of carbonyl (C=O) groups excluding carboxylic acids is 3. The molecule has 0 fully saturated rings. The highest BCUT2D eigenvalue weighted by Crippen LogP contribution is 2.25. The summed E-state index contributed by atoms with van der Waals surface area (Å²) in [6.07, 6.45) is -0.582. The van der Waals surface area contributed by atoms with Crippen LogP contribution in [0, 0.1) is 0 Å². The van der Waals surface area contributed by atoms with Gasteiger partial charge in [0, 0.05) is 5.02 Å². The van der Waals surface area contributed by atoms with Crippen molar-refractivity contribution in [1.29, 1.82) is 0 Å². The van der Waals surface area contributed by atoms with Gasteiger partial charge in [-0.3, -0.25) is 9.59 Å². The van der Waals surface area contributed by atoms with E-state index >= 15 is 0 Å². The molecule has 1 unspecified atom stereocenters. The summed E-state index contributed by atoms with van der Waals surface area (Å²) in [5.74, 6) is -0.848. The normalized spacial score (nSPS) is 11.2. The number of methoxy groups -OCH3 is 1. The Morgan fingerprint density at radius 2 is 1.46 bits per heavy atom. The summed E-state index contributed by atoms with van der Waals surface area (Å²) >= 11 is 5.83. The first-order valence-electron chi connectivity index (χ1n) is 8.34. The van der Waals surface area contributed by atoms with Crippen molar-refractivity contribution >= 4 is 29.3 Å². The minimum atomic E-state index is -1.06. The Hall–Kier alpha value is -3.06. The van der Waals surface area contributed by atoms with Gasteiger partial charge in [0.25, 0.3) is 5.78 Å². The van der Waals surface area contributed by atoms with Gasteiger partial charge in [0.1, 0.15) is 23.4 Å². The van der Waals surface area contributed by atoms with Crippen LogP contribution in [0.5, 0.6) is 17.2 Å². The molecule has 0 aliphatic carbocycles. The van der Waals surface area contributed by atoms with E-state index in [-0.39, 0.29) is 6.42 Å². The first-order valence-corrected chi connectivity index (χ1v) is 8.72. The third-order valence-electron chi connectivity index (χ3n) is 3.44. The summed E-state index contributed by atoms with van der Waals surface area (Å²) in [6.45, 7) is 1.02. The van der Waals surface area contributed by atoms with Gasteiger partial charge in [-0.05, 0) is 55.5 Å². The molecule has 0 saturated heterocycles. The van der Waals surface area contributed by atoms with Gasteiger partial charge < -0.3 is 18.9 Å². The zero-order valence-corrected chi connectivity index (χ0v) is 16.1. The molecule has 2 rings (SSSR count). The maximum absolute atomic E-state index is 11.7. The van der Waals surface area contributed by atoms with Crippen LogP contribution < -0.4 is 9.47 Å². The summed E-state index contributed by atoms with van der Waals surface area (Å²) in [4.78, 5) is 33.9. The van der Waals surface area contributed by atoms with Crippen molar-refractivity contribution < 1.29 is 33.3 Å². The lowest BCUT2D eigenvalue weighted by atomic mass is 10.2. The van der Waals surface area contributed by atoms with Gasteiger partial charge in [-0.15, -0.1) is 0 Å². The largest absolute Gasteiger partial charge is 0.490 e. The van der Waals surface area contributed by atoms with E-state index in [1.165, 1.54) is 0 Å². The maximum atomic E-state index is 11.7. The van der Waals surface area contributed by atoms with Crippen LogP contribution >= 0.6 is 11.6 Å². The van der Waals surface area contributed by atoms with E-state index in [2.05, 4.69) is 4.74 Å². The number of hydrogen-bond acceptors (Lipinski definition) is 7. The fourth-order valence-corrected chi connectivity index (χ4v) is 2.24. The van der Waals surface area contributed by atoms with E-state index in [9.17, 15) is 14.4 Å². The third-order valence-corrected chi connectivity index (χ3v) is 3.69. The Bertz CT molecular complexity index is 815. The summed E-state index contributed by atoms with van der Waals surface area (Å²) in [6, 6.07) is 13.8.